The summed E-state index contributed by atoms with van der Waals surface area (Å²) in [5, 5.41) is 2.96. The molecule has 2 aromatic rings. The predicted molar refractivity (Wildman–Crippen MR) is 179 cm³/mol. The van der Waals surface area contributed by atoms with Crippen LogP contribution in [0.5, 0.6) is 5.75 Å². The number of halogens is 2. The second-order valence-electron chi connectivity index (χ2n) is 14.3. The van der Waals surface area contributed by atoms with Crippen LogP contribution in [0.15, 0.2) is 30.3 Å². The maximum atomic E-state index is 15.0. The van der Waals surface area contributed by atoms with Crippen LogP contribution in [0, 0.1) is 25.2 Å². The van der Waals surface area contributed by atoms with Crippen molar-refractivity contribution >= 4 is 45.6 Å². The third-order valence-electron chi connectivity index (χ3n) is 9.08. The quantitative estimate of drug-likeness (QED) is 0.150. The van der Waals surface area contributed by atoms with Crippen LogP contribution in [0.25, 0.3) is 4.85 Å². The van der Waals surface area contributed by atoms with Gasteiger partial charge in [0.25, 0.3) is 8.32 Å². The minimum atomic E-state index is -2.26. The van der Waals surface area contributed by atoms with Crippen LogP contribution >= 0.6 is 11.6 Å². The third-order valence-corrected chi connectivity index (χ3v) is 18.5. The Bertz CT molecular complexity index is 1390. The normalized spacial score (nSPS) is 14.1. The van der Waals surface area contributed by atoms with E-state index in [9.17, 15) is 14.0 Å². The van der Waals surface area contributed by atoms with Gasteiger partial charge in [-0.15, -0.1) is 0 Å². The smallest absolute Gasteiger partial charge is 0.250 e. The molecular formula is C33H48ClFN2O4Si2. The van der Waals surface area contributed by atoms with Crippen molar-refractivity contribution in [3.8, 4) is 5.75 Å². The fraction of sp³-hybridized carbons (Fsp3) is 0.545. The molecule has 6 nitrogen and oxygen atoms in total. The van der Waals surface area contributed by atoms with Gasteiger partial charge in [0.05, 0.1) is 30.2 Å². The van der Waals surface area contributed by atoms with Gasteiger partial charge in [-0.2, -0.15) is 0 Å². The summed E-state index contributed by atoms with van der Waals surface area (Å²) in [6.45, 7) is 31.7. The first kappa shape index (κ1) is 36.7. The SMILES string of the molecule is [C-]#[N+]c1ccc(C[C@@H](C(=O)NCC(=O)c2ccc(O[Si](C)(C)C(C)(C)C)c(F)c2)[C@H](C)O[Si](C)(C)C(C)(C)C)c(C)c1Cl. The van der Waals surface area contributed by atoms with Crippen molar-refractivity contribution in [2.24, 2.45) is 5.92 Å². The Balaban J connectivity index is 2.28. The van der Waals surface area contributed by atoms with Gasteiger partial charge in [-0.1, -0.05) is 65.3 Å². The zero-order valence-electron chi connectivity index (χ0n) is 27.8. The van der Waals surface area contributed by atoms with Crippen LogP contribution in [-0.4, -0.2) is 41.0 Å². The number of hydrogen-bond donors (Lipinski definition) is 1. The number of hydrogen-bond acceptors (Lipinski definition) is 4. The van der Waals surface area contributed by atoms with Gasteiger partial charge >= 0.3 is 0 Å². The zero-order valence-corrected chi connectivity index (χ0v) is 30.5. The highest BCUT2D eigenvalue weighted by Gasteiger charge is 2.41. The van der Waals surface area contributed by atoms with Crippen molar-refractivity contribution in [2.45, 2.75) is 104 Å². The van der Waals surface area contributed by atoms with E-state index in [2.05, 4.69) is 64.8 Å². The Morgan fingerprint density at radius 3 is 2.12 bits per heavy atom. The molecule has 0 radical (unpaired) electrons. The van der Waals surface area contributed by atoms with Crippen LogP contribution < -0.4 is 9.74 Å². The molecule has 2 aromatic carbocycles. The maximum absolute atomic E-state index is 15.0. The number of Topliss-reactive ketones (excluding diaryl/α,β-unsaturated/α-hetero) is 1. The Hall–Kier alpha value is -2.52. The number of carbonyl (C=O) groups is 2. The van der Waals surface area contributed by atoms with Crippen LogP contribution in [-0.2, 0) is 15.6 Å². The number of nitrogens with zero attached hydrogens (tertiary/aromatic N) is 1. The van der Waals surface area contributed by atoms with Crippen molar-refractivity contribution in [1.82, 2.24) is 5.32 Å². The lowest BCUT2D eigenvalue weighted by atomic mass is 9.91. The lowest BCUT2D eigenvalue weighted by Gasteiger charge is -2.40. The Morgan fingerprint density at radius 1 is 1.02 bits per heavy atom. The average molecular weight is 647 g/mol. The molecule has 0 spiro atoms. The molecule has 0 aliphatic heterocycles. The predicted octanol–water partition coefficient (Wildman–Crippen LogP) is 9.29. The van der Waals surface area contributed by atoms with Crippen molar-refractivity contribution < 1.29 is 22.8 Å². The molecule has 1 N–H and O–H groups in total. The molecule has 2 rings (SSSR count). The first-order valence-electron chi connectivity index (χ1n) is 14.6. The van der Waals surface area contributed by atoms with Gasteiger partial charge < -0.3 is 14.2 Å². The number of rotatable bonds is 11. The summed E-state index contributed by atoms with van der Waals surface area (Å²) in [7, 11) is -4.50. The van der Waals surface area contributed by atoms with E-state index < -0.39 is 40.3 Å². The third kappa shape index (κ3) is 9.01. The molecule has 0 aromatic heterocycles. The number of carbonyl (C=O) groups excluding carboxylic acids is 2. The summed E-state index contributed by atoms with van der Waals surface area (Å²) in [6, 6.07) is 7.66. The van der Waals surface area contributed by atoms with E-state index in [-0.39, 0.29) is 33.8 Å². The Labute approximate surface area is 264 Å². The molecule has 0 aliphatic carbocycles. The standard InChI is InChI=1S/C33H48ClFN2O4Si2/c1-21-23(14-16-27(36-9)30(21)34)18-25(22(2)40-42(10,11)32(3,4)5)31(39)37-20-28(38)24-15-17-29(26(35)19-24)41-43(12,13)33(6,7)8/h14-17,19,22,25H,18,20H2,1-8,10-13H3,(H,37,39)/t22-,25+/m0/s1. The summed E-state index contributed by atoms with van der Waals surface area (Å²) in [6.07, 6.45) is -0.146. The first-order chi connectivity index (χ1) is 19.5. The van der Waals surface area contributed by atoms with E-state index in [1.54, 1.807) is 6.07 Å². The van der Waals surface area contributed by atoms with Crippen molar-refractivity contribution in [2.75, 3.05) is 6.54 Å². The van der Waals surface area contributed by atoms with E-state index in [1.807, 2.05) is 33.0 Å². The molecule has 236 valence electrons. The minimum absolute atomic E-state index is 0.0701. The van der Waals surface area contributed by atoms with Crippen molar-refractivity contribution in [1.29, 1.82) is 0 Å². The molecule has 0 fully saturated rings. The summed E-state index contributed by atoms with van der Waals surface area (Å²) in [5.41, 5.74) is 2.07. The molecule has 0 heterocycles. The highest BCUT2D eigenvalue weighted by Crippen LogP contribution is 2.40. The lowest BCUT2D eigenvalue weighted by Crippen LogP contribution is -2.48. The lowest BCUT2D eigenvalue weighted by molar-refractivity contribution is -0.127. The summed E-state index contributed by atoms with van der Waals surface area (Å²) >= 11 is 6.44. The monoisotopic (exact) mass is 646 g/mol. The van der Waals surface area contributed by atoms with Crippen LogP contribution in [0.1, 0.15) is 70.0 Å². The van der Waals surface area contributed by atoms with Gasteiger partial charge in [0.1, 0.15) is 5.75 Å². The van der Waals surface area contributed by atoms with Crippen LogP contribution in [0.2, 0.25) is 41.3 Å². The number of benzene rings is 2. The number of ketones is 1. The molecule has 0 unspecified atom stereocenters. The van der Waals surface area contributed by atoms with Gasteiger partial charge in [0.15, 0.2) is 19.9 Å². The molecule has 0 saturated heterocycles. The van der Waals surface area contributed by atoms with Crippen LogP contribution in [0.3, 0.4) is 0 Å². The molecule has 43 heavy (non-hydrogen) atoms. The fourth-order valence-corrected chi connectivity index (χ4v) is 6.73. The van der Waals surface area contributed by atoms with Crippen LogP contribution in [0.4, 0.5) is 10.1 Å². The molecular weight excluding hydrogens is 599 g/mol. The van der Waals surface area contributed by atoms with Crippen molar-refractivity contribution in [3.05, 3.63) is 69.3 Å². The van der Waals surface area contributed by atoms with Crippen molar-refractivity contribution in [3.63, 3.8) is 0 Å². The topological polar surface area (TPSA) is 69.0 Å². The van der Waals surface area contributed by atoms with Gasteiger partial charge in [0, 0.05) is 5.56 Å². The second kappa shape index (κ2) is 13.6. The molecule has 0 saturated carbocycles. The summed E-state index contributed by atoms with van der Waals surface area (Å²) in [4.78, 5) is 30.2. The maximum Gasteiger partial charge on any atom is 0.250 e. The van der Waals surface area contributed by atoms with Gasteiger partial charge in [0.2, 0.25) is 11.6 Å². The number of nitrogens with one attached hydrogen (secondary N) is 1. The van der Waals surface area contributed by atoms with Gasteiger partial charge in [-0.3, -0.25) is 9.59 Å². The first-order valence-corrected chi connectivity index (χ1v) is 20.8. The largest absolute Gasteiger partial charge is 0.542 e. The summed E-state index contributed by atoms with van der Waals surface area (Å²) < 4.78 is 27.7. The zero-order chi connectivity index (χ0) is 33.1. The van der Waals surface area contributed by atoms with E-state index >= 15 is 0 Å². The van der Waals surface area contributed by atoms with E-state index in [0.29, 0.717) is 17.1 Å². The highest BCUT2D eigenvalue weighted by atomic mass is 35.5. The molecule has 1 amide bonds. The van der Waals surface area contributed by atoms with E-state index in [0.717, 1.165) is 11.1 Å². The van der Waals surface area contributed by atoms with Gasteiger partial charge in [-0.25, -0.2) is 9.24 Å². The van der Waals surface area contributed by atoms with E-state index in [1.165, 1.54) is 18.2 Å². The Morgan fingerprint density at radius 2 is 1.60 bits per heavy atom. The summed E-state index contributed by atoms with van der Waals surface area (Å²) in [5.74, 6) is -1.87. The molecule has 0 aliphatic rings. The van der Waals surface area contributed by atoms with Gasteiger partial charge in [-0.05, 0) is 85.9 Å². The molecule has 0 bridgehead atoms. The van der Waals surface area contributed by atoms with E-state index in [4.69, 9.17) is 27.0 Å². The molecule has 10 heteroatoms. The minimum Gasteiger partial charge on any atom is -0.542 e. The second-order valence-corrected chi connectivity index (χ2v) is 24.2. The fourth-order valence-electron chi connectivity index (χ4n) is 4.04. The highest BCUT2D eigenvalue weighted by molar-refractivity contribution is 6.75. The molecule has 2 atom stereocenters. The Kier molecular flexibility index (Phi) is 11.6. The average Bonchev–Trinajstić information content (AvgIpc) is 2.87. The number of amides is 1.